The molecule has 0 saturated heterocycles. The molecule has 150 valence electrons. The molecule has 0 aromatic heterocycles. The van der Waals surface area contributed by atoms with E-state index < -0.39 is 29.3 Å². The van der Waals surface area contributed by atoms with Crippen molar-refractivity contribution in [2.75, 3.05) is 13.2 Å². The molecule has 0 amide bonds. The van der Waals surface area contributed by atoms with Gasteiger partial charge in [-0.05, 0) is 12.8 Å². The van der Waals surface area contributed by atoms with Crippen molar-refractivity contribution in [3.05, 3.63) is 0 Å². The molecule has 0 spiro atoms. The summed E-state index contributed by atoms with van der Waals surface area (Å²) in [5.74, 6) is -3.02. The second-order valence-electron chi connectivity index (χ2n) is 6.28. The van der Waals surface area contributed by atoms with Crippen LogP contribution in [0.4, 0.5) is 0 Å². The predicted molar refractivity (Wildman–Crippen MR) is 92.5 cm³/mol. The Hall–Kier alpha value is -2.12. The van der Waals surface area contributed by atoms with Crippen LogP contribution in [0.5, 0.6) is 0 Å². The number of hydrogen-bond acceptors (Lipinski definition) is 6. The van der Waals surface area contributed by atoms with Crippen LogP contribution in [-0.4, -0.2) is 47.3 Å². The number of carboxylic acids is 2. The summed E-state index contributed by atoms with van der Waals surface area (Å²) in [4.78, 5) is 45.1. The minimum Gasteiger partial charge on any atom is -0.481 e. The van der Waals surface area contributed by atoms with Crippen molar-refractivity contribution in [2.24, 2.45) is 5.41 Å². The first-order valence-electron chi connectivity index (χ1n) is 9.03. The zero-order chi connectivity index (χ0) is 20.0. The maximum Gasteiger partial charge on any atom is 0.316 e. The Balaban J connectivity index is 4.66. The molecular weight excluding hydrogens is 344 g/mol. The van der Waals surface area contributed by atoms with Gasteiger partial charge in [-0.25, -0.2) is 0 Å². The molecule has 0 aliphatic heterocycles. The van der Waals surface area contributed by atoms with E-state index in [1.165, 1.54) is 0 Å². The maximum absolute atomic E-state index is 11.8. The highest BCUT2D eigenvalue weighted by Gasteiger charge is 2.41. The lowest BCUT2D eigenvalue weighted by molar-refractivity contribution is -0.168. The third-order valence-corrected chi connectivity index (χ3v) is 4.10. The number of aliphatic carboxylic acids is 2. The number of unbranched alkanes of at least 4 members (excludes halogenated alkanes) is 4. The SMILES string of the molecule is CCC(=O)OCC(CCCCCCCC(=O)O)(COC(=O)CC)C(=O)O. The smallest absolute Gasteiger partial charge is 0.316 e. The number of ether oxygens (including phenoxy) is 2. The van der Waals surface area contributed by atoms with Crippen molar-refractivity contribution >= 4 is 23.9 Å². The lowest BCUT2D eigenvalue weighted by Gasteiger charge is -2.28. The van der Waals surface area contributed by atoms with E-state index in [0.717, 1.165) is 19.3 Å². The molecule has 0 saturated carbocycles. The van der Waals surface area contributed by atoms with Gasteiger partial charge in [0, 0.05) is 19.3 Å². The molecule has 0 fully saturated rings. The van der Waals surface area contributed by atoms with E-state index in [9.17, 15) is 24.3 Å². The molecule has 0 rings (SSSR count). The largest absolute Gasteiger partial charge is 0.481 e. The summed E-state index contributed by atoms with van der Waals surface area (Å²) in [6, 6.07) is 0. The van der Waals surface area contributed by atoms with Gasteiger partial charge < -0.3 is 19.7 Å². The molecule has 0 aliphatic rings. The van der Waals surface area contributed by atoms with Gasteiger partial charge >= 0.3 is 23.9 Å². The van der Waals surface area contributed by atoms with E-state index in [0.29, 0.717) is 12.8 Å². The molecule has 0 radical (unpaired) electrons. The fraction of sp³-hybridized carbons (Fsp3) is 0.778. The standard InChI is InChI=1S/C18H30O8/c1-3-15(21)25-12-18(17(23)24,13-26-16(22)4-2)11-9-7-5-6-8-10-14(19)20/h3-13H2,1-2H3,(H,19,20)(H,23,24). The summed E-state index contributed by atoms with van der Waals surface area (Å²) >= 11 is 0. The quantitative estimate of drug-likeness (QED) is 0.331. The lowest BCUT2D eigenvalue weighted by atomic mass is 9.84. The van der Waals surface area contributed by atoms with Gasteiger partial charge in [-0.3, -0.25) is 19.2 Å². The van der Waals surface area contributed by atoms with Crippen LogP contribution in [0.3, 0.4) is 0 Å². The highest BCUT2D eigenvalue weighted by atomic mass is 16.6. The van der Waals surface area contributed by atoms with Crippen LogP contribution in [-0.2, 0) is 28.7 Å². The first-order valence-corrected chi connectivity index (χ1v) is 9.03. The van der Waals surface area contributed by atoms with Crippen molar-refractivity contribution in [2.45, 2.75) is 71.6 Å². The summed E-state index contributed by atoms with van der Waals surface area (Å²) < 4.78 is 10.1. The van der Waals surface area contributed by atoms with Gasteiger partial charge in [0.05, 0.1) is 0 Å². The Morgan fingerprint density at radius 2 is 1.23 bits per heavy atom. The molecule has 8 nitrogen and oxygen atoms in total. The van der Waals surface area contributed by atoms with E-state index in [2.05, 4.69) is 0 Å². The number of carboxylic acid groups (broad SMARTS) is 2. The van der Waals surface area contributed by atoms with Crippen molar-refractivity contribution in [1.82, 2.24) is 0 Å². The molecular formula is C18H30O8. The molecule has 0 atom stereocenters. The first-order chi connectivity index (χ1) is 12.3. The molecule has 8 heteroatoms. The summed E-state index contributed by atoms with van der Waals surface area (Å²) in [5.41, 5.74) is -1.46. The first kappa shape index (κ1) is 23.9. The zero-order valence-corrected chi connectivity index (χ0v) is 15.6. The molecule has 26 heavy (non-hydrogen) atoms. The second kappa shape index (κ2) is 13.1. The molecule has 0 unspecified atom stereocenters. The van der Waals surface area contributed by atoms with E-state index >= 15 is 0 Å². The third kappa shape index (κ3) is 10.0. The van der Waals surface area contributed by atoms with Crippen LogP contribution in [0.25, 0.3) is 0 Å². The molecule has 0 bridgehead atoms. The van der Waals surface area contributed by atoms with Crippen molar-refractivity contribution in [3.63, 3.8) is 0 Å². The molecule has 2 N–H and O–H groups in total. The minimum absolute atomic E-state index is 0.124. The molecule has 0 heterocycles. The van der Waals surface area contributed by atoms with Crippen LogP contribution >= 0.6 is 0 Å². The van der Waals surface area contributed by atoms with Crippen LogP contribution in [0.15, 0.2) is 0 Å². The summed E-state index contributed by atoms with van der Waals surface area (Å²) in [5, 5.41) is 18.2. The third-order valence-electron chi connectivity index (χ3n) is 4.10. The Bertz CT molecular complexity index is 452. The molecule has 0 aliphatic carbocycles. The van der Waals surface area contributed by atoms with Crippen LogP contribution in [0, 0.1) is 5.41 Å². The topological polar surface area (TPSA) is 127 Å². The van der Waals surface area contributed by atoms with Gasteiger partial charge in [0.2, 0.25) is 0 Å². The van der Waals surface area contributed by atoms with Gasteiger partial charge in [0.1, 0.15) is 18.6 Å². The van der Waals surface area contributed by atoms with Crippen molar-refractivity contribution in [3.8, 4) is 0 Å². The normalized spacial score (nSPS) is 11.0. The Morgan fingerprint density at radius 1 is 0.769 bits per heavy atom. The fourth-order valence-corrected chi connectivity index (χ4v) is 2.33. The van der Waals surface area contributed by atoms with Crippen LogP contribution < -0.4 is 0 Å². The molecule has 0 aromatic carbocycles. The van der Waals surface area contributed by atoms with Gasteiger partial charge in [-0.15, -0.1) is 0 Å². The Labute approximate surface area is 153 Å². The van der Waals surface area contributed by atoms with Gasteiger partial charge in [-0.1, -0.05) is 39.5 Å². The van der Waals surface area contributed by atoms with Gasteiger partial charge in [-0.2, -0.15) is 0 Å². The highest BCUT2D eigenvalue weighted by Crippen LogP contribution is 2.28. The second-order valence-corrected chi connectivity index (χ2v) is 6.28. The van der Waals surface area contributed by atoms with E-state index in [4.69, 9.17) is 14.6 Å². The number of carbonyl (C=O) groups is 4. The summed E-state index contributed by atoms with van der Waals surface area (Å²) in [7, 11) is 0. The van der Waals surface area contributed by atoms with Crippen LogP contribution in [0.2, 0.25) is 0 Å². The number of rotatable bonds is 15. The van der Waals surface area contributed by atoms with Crippen LogP contribution in [0.1, 0.15) is 71.6 Å². The number of carbonyl (C=O) groups excluding carboxylic acids is 2. The average molecular weight is 374 g/mol. The van der Waals surface area contributed by atoms with Gasteiger partial charge in [0.15, 0.2) is 0 Å². The van der Waals surface area contributed by atoms with E-state index in [1.54, 1.807) is 13.8 Å². The zero-order valence-electron chi connectivity index (χ0n) is 15.6. The lowest BCUT2D eigenvalue weighted by Crippen LogP contribution is -2.41. The Morgan fingerprint density at radius 3 is 1.65 bits per heavy atom. The predicted octanol–water partition coefficient (Wildman–Crippen LogP) is 2.78. The number of hydrogen-bond donors (Lipinski definition) is 2. The fourth-order valence-electron chi connectivity index (χ4n) is 2.33. The van der Waals surface area contributed by atoms with Gasteiger partial charge in [0.25, 0.3) is 0 Å². The van der Waals surface area contributed by atoms with Crippen molar-refractivity contribution in [1.29, 1.82) is 0 Å². The monoisotopic (exact) mass is 374 g/mol. The highest BCUT2D eigenvalue weighted by molar-refractivity contribution is 5.77. The Kier molecular flexibility index (Phi) is 12.1. The number of esters is 2. The van der Waals surface area contributed by atoms with Crippen molar-refractivity contribution < 1.29 is 38.9 Å². The summed E-state index contributed by atoms with van der Waals surface area (Å²) in [6.45, 7) is 2.54. The molecule has 0 aromatic rings. The maximum atomic E-state index is 11.8. The van der Waals surface area contributed by atoms with E-state index in [1.807, 2.05) is 0 Å². The minimum atomic E-state index is -1.46. The van der Waals surface area contributed by atoms with E-state index in [-0.39, 0.29) is 38.9 Å². The average Bonchev–Trinajstić information content (AvgIpc) is 2.61. The summed E-state index contributed by atoms with van der Waals surface area (Å²) in [6.07, 6.45) is 3.98.